The number of nitrogens with one attached hydrogen (secondary N) is 2. The monoisotopic (exact) mass is 259 g/mol. The summed E-state index contributed by atoms with van der Waals surface area (Å²) in [5.74, 6) is -1.44. The molecule has 0 saturated carbocycles. The molecule has 0 aromatic carbocycles. The van der Waals surface area contributed by atoms with Gasteiger partial charge in [-0.05, 0) is 27.7 Å². The van der Waals surface area contributed by atoms with E-state index in [4.69, 9.17) is 5.11 Å². The van der Waals surface area contributed by atoms with E-state index in [-0.39, 0.29) is 12.5 Å². The van der Waals surface area contributed by atoms with Gasteiger partial charge in [0.1, 0.15) is 11.6 Å². The van der Waals surface area contributed by atoms with Crippen LogP contribution in [0.3, 0.4) is 0 Å². The van der Waals surface area contributed by atoms with Crippen LogP contribution in [0.1, 0.15) is 27.7 Å². The van der Waals surface area contributed by atoms with Gasteiger partial charge >= 0.3 is 12.0 Å². The van der Waals surface area contributed by atoms with E-state index in [2.05, 4.69) is 10.6 Å². The van der Waals surface area contributed by atoms with Gasteiger partial charge in [0.05, 0.1) is 0 Å². The summed E-state index contributed by atoms with van der Waals surface area (Å²) < 4.78 is 0. The fraction of sp³-hybridized carbons (Fsp3) is 0.727. The molecule has 7 nitrogen and oxygen atoms in total. The van der Waals surface area contributed by atoms with Crippen LogP contribution < -0.4 is 10.6 Å². The van der Waals surface area contributed by atoms with Gasteiger partial charge in [-0.3, -0.25) is 4.79 Å². The third-order valence-electron chi connectivity index (χ3n) is 2.74. The van der Waals surface area contributed by atoms with Crippen LogP contribution in [-0.2, 0) is 9.59 Å². The first-order valence-electron chi connectivity index (χ1n) is 5.71. The molecular formula is C11H21N3O4. The number of aliphatic carboxylic acids is 1. The largest absolute Gasteiger partial charge is 0.480 e. The molecule has 0 heterocycles. The second-order valence-corrected chi connectivity index (χ2v) is 4.39. The number of hydrogen-bond acceptors (Lipinski definition) is 3. The standard InChI is InChI=1S/C11H21N3O4/c1-6-14(11(3,4)9(16)17)10(18)13-7(2)8(15)12-5/h7H,6H2,1-5H3,(H,12,15)(H,13,18)(H,16,17). The summed E-state index contributed by atoms with van der Waals surface area (Å²) in [4.78, 5) is 35.5. The Morgan fingerprint density at radius 1 is 1.33 bits per heavy atom. The maximum atomic E-state index is 11.9. The Kier molecular flexibility index (Phi) is 5.61. The predicted molar refractivity (Wildman–Crippen MR) is 66.2 cm³/mol. The number of carboxylic acid groups (broad SMARTS) is 1. The van der Waals surface area contributed by atoms with Crippen molar-refractivity contribution in [2.24, 2.45) is 0 Å². The molecule has 7 heteroatoms. The molecule has 0 aliphatic carbocycles. The van der Waals surface area contributed by atoms with E-state index >= 15 is 0 Å². The van der Waals surface area contributed by atoms with Gasteiger partial charge in [0.25, 0.3) is 0 Å². The van der Waals surface area contributed by atoms with Crippen molar-refractivity contribution in [1.82, 2.24) is 15.5 Å². The Morgan fingerprint density at radius 2 is 1.83 bits per heavy atom. The third kappa shape index (κ3) is 3.61. The van der Waals surface area contributed by atoms with Gasteiger partial charge in [0.2, 0.25) is 5.91 Å². The number of rotatable bonds is 5. The Balaban J connectivity index is 4.84. The van der Waals surface area contributed by atoms with Crippen LogP contribution in [0.5, 0.6) is 0 Å². The van der Waals surface area contributed by atoms with E-state index in [0.717, 1.165) is 4.90 Å². The summed E-state index contributed by atoms with van der Waals surface area (Å²) in [5.41, 5.74) is -1.33. The highest BCUT2D eigenvalue weighted by atomic mass is 16.4. The number of carbonyl (C=O) groups excluding carboxylic acids is 2. The fourth-order valence-electron chi connectivity index (χ4n) is 1.45. The van der Waals surface area contributed by atoms with Crippen LogP contribution in [0, 0.1) is 0 Å². The summed E-state index contributed by atoms with van der Waals surface area (Å²) in [5, 5.41) is 13.9. The fourth-order valence-corrected chi connectivity index (χ4v) is 1.45. The second kappa shape index (κ2) is 6.23. The van der Waals surface area contributed by atoms with E-state index in [1.165, 1.54) is 27.8 Å². The first kappa shape index (κ1) is 16.2. The van der Waals surface area contributed by atoms with Crippen molar-refractivity contribution in [1.29, 1.82) is 0 Å². The average molecular weight is 259 g/mol. The maximum absolute atomic E-state index is 11.9. The van der Waals surface area contributed by atoms with Gasteiger partial charge in [-0.2, -0.15) is 0 Å². The summed E-state index contributed by atoms with van der Waals surface area (Å²) >= 11 is 0. The SMILES string of the molecule is CCN(C(=O)NC(C)C(=O)NC)C(C)(C)C(=O)O. The first-order chi connectivity index (χ1) is 8.18. The normalized spacial score (nSPS) is 12.5. The van der Waals surface area contributed by atoms with E-state index < -0.39 is 23.6 Å². The Bertz CT molecular complexity index is 341. The molecular weight excluding hydrogens is 238 g/mol. The highest BCUT2D eigenvalue weighted by molar-refractivity contribution is 5.89. The summed E-state index contributed by atoms with van der Waals surface area (Å²) in [7, 11) is 1.46. The van der Waals surface area contributed by atoms with Crippen LogP contribution in [0.4, 0.5) is 4.79 Å². The molecule has 0 bridgehead atoms. The van der Waals surface area contributed by atoms with Crippen LogP contribution in [-0.4, -0.2) is 53.1 Å². The molecule has 3 N–H and O–H groups in total. The smallest absolute Gasteiger partial charge is 0.329 e. The molecule has 1 unspecified atom stereocenters. The molecule has 0 aromatic heterocycles. The zero-order valence-electron chi connectivity index (χ0n) is 11.4. The van der Waals surface area contributed by atoms with Crippen molar-refractivity contribution < 1.29 is 19.5 Å². The van der Waals surface area contributed by atoms with Crippen molar-refractivity contribution in [3.8, 4) is 0 Å². The van der Waals surface area contributed by atoms with Crippen molar-refractivity contribution >= 4 is 17.9 Å². The van der Waals surface area contributed by atoms with Crippen molar-refractivity contribution in [3.63, 3.8) is 0 Å². The van der Waals surface area contributed by atoms with Crippen LogP contribution >= 0.6 is 0 Å². The lowest BCUT2D eigenvalue weighted by atomic mass is 10.0. The van der Waals surface area contributed by atoms with E-state index in [1.54, 1.807) is 6.92 Å². The molecule has 3 amide bonds. The number of nitrogens with zero attached hydrogens (tertiary/aromatic N) is 1. The molecule has 0 aliphatic heterocycles. The summed E-state index contributed by atoms with van der Waals surface area (Å²) in [6.07, 6.45) is 0. The lowest BCUT2D eigenvalue weighted by molar-refractivity contribution is -0.147. The number of carboxylic acids is 1. The summed E-state index contributed by atoms with van der Waals surface area (Å²) in [6.45, 7) is 6.30. The number of likely N-dealkylation sites (N-methyl/N-ethyl adjacent to an activating group) is 2. The number of carbonyl (C=O) groups is 3. The van der Waals surface area contributed by atoms with Gasteiger partial charge < -0.3 is 20.6 Å². The van der Waals surface area contributed by atoms with Gasteiger partial charge in [-0.25, -0.2) is 9.59 Å². The molecule has 0 aromatic rings. The molecule has 1 atom stereocenters. The van der Waals surface area contributed by atoms with E-state index in [1.807, 2.05) is 0 Å². The lowest BCUT2D eigenvalue weighted by Gasteiger charge is -2.34. The molecule has 0 rings (SSSR count). The molecule has 0 saturated heterocycles. The lowest BCUT2D eigenvalue weighted by Crippen LogP contribution is -2.58. The number of amides is 3. The van der Waals surface area contributed by atoms with Gasteiger partial charge in [-0.15, -0.1) is 0 Å². The average Bonchev–Trinajstić information content (AvgIpc) is 2.27. The van der Waals surface area contributed by atoms with Gasteiger partial charge in [-0.1, -0.05) is 0 Å². The molecule has 104 valence electrons. The van der Waals surface area contributed by atoms with Crippen molar-refractivity contribution in [2.75, 3.05) is 13.6 Å². The Labute approximate surface area is 107 Å². The van der Waals surface area contributed by atoms with Gasteiger partial charge in [0, 0.05) is 13.6 Å². The minimum Gasteiger partial charge on any atom is -0.480 e. The quantitative estimate of drug-likeness (QED) is 0.648. The molecule has 0 fully saturated rings. The van der Waals surface area contributed by atoms with Crippen LogP contribution in [0.25, 0.3) is 0 Å². The molecule has 18 heavy (non-hydrogen) atoms. The first-order valence-corrected chi connectivity index (χ1v) is 5.71. The molecule has 0 radical (unpaired) electrons. The molecule has 0 spiro atoms. The zero-order chi connectivity index (χ0) is 14.5. The predicted octanol–water partition coefficient (Wildman–Crippen LogP) is 0.0156. The van der Waals surface area contributed by atoms with Crippen LogP contribution in [0.15, 0.2) is 0 Å². The van der Waals surface area contributed by atoms with Crippen LogP contribution in [0.2, 0.25) is 0 Å². The maximum Gasteiger partial charge on any atom is 0.329 e. The Morgan fingerprint density at radius 3 is 2.17 bits per heavy atom. The third-order valence-corrected chi connectivity index (χ3v) is 2.74. The molecule has 0 aliphatic rings. The minimum atomic E-state index is -1.33. The highest BCUT2D eigenvalue weighted by Crippen LogP contribution is 2.14. The highest BCUT2D eigenvalue weighted by Gasteiger charge is 2.37. The minimum absolute atomic E-state index is 0.228. The van der Waals surface area contributed by atoms with Crippen molar-refractivity contribution in [2.45, 2.75) is 39.3 Å². The Hall–Kier alpha value is -1.79. The van der Waals surface area contributed by atoms with E-state index in [0.29, 0.717) is 0 Å². The second-order valence-electron chi connectivity index (χ2n) is 4.39. The van der Waals surface area contributed by atoms with Crippen molar-refractivity contribution in [3.05, 3.63) is 0 Å². The number of hydrogen-bond donors (Lipinski definition) is 3. The summed E-state index contributed by atoms with van der Waals surface area (Å²) in [6, 6.07) is -1.30. The number of urea groups is 1. The van der Waals surface area contributed by atoms with E-state index in [9.17, 15) is 14.4 Å². The topological polar surface area (TPSA) is 98.7 Å². The zero-order valence-corrected chi connectivity index (χ0v) is 11.4. The van der Waals surface area contributed by atoms with Gasteiger partial charge in [0.15, 0.2) is 0 Å².